The van der Waals surface area contributed by atoms with E-state index in [-0.39, 0.29) is 11.6 Å². The maximum Gasteiger partial charge on any atom is 0.363 e. The first kappa shape index (κ1) is 20.5. The molecule has 1 aliphatic heterocycles. The molecular formula is C26H17ClN2O2S. The van der Waals surface area contributed by atoms with Crippen molar-refractivity contribution in [3.63, 3.8) is 0 Å². The summed E-state index contributed by atoms with van der Waals surface area (Å²) in [5, 5.41) is 2.25. The highest BCUT2D eigenvalue weighted by molar-refractivity contribution is 7.99. The van der Waals surface area contributed by atoms with E-state index in [1.807, 2.05) is 67.6 Å². The minimum Gasteiger partial charge on any atom is -0.402 e. The summed E-state index contributed by atoms with van der Waals surface area (Å²) in [6.07, 6.45) is 1.73. The highest BCUT2D eigenvalue weighted by Crippen LogP contribution is 2.33. The van der Waals surface area contributed by atoms with Crippen LogP contribution in [0.2, 0.25) is 5.02 Å². The molecule has 0 radical (unpaired) electrons. The third-order valence-electron chi connectivity index (χ3n) is 4.94. The molecule has 2 heterocycles. The smallest absolute Gasteiger partial charge is 0.363 e. The molecule has 1 aromatic heterocycles. The van der Waals surface area contributed by atoms with Gasteiger partial charge in [-0.15, -0.1) is 0 Å². The molecule has 4 aromatic rings. The van der Waals surface area contributed by atoms with Crippen molar-refractivity contribution in [2.24, 2.45) is 4.99 Å². The number of hydrogen-bond donors (Lipinski definition) is 0. The molecule has 0 fully saturated rings. The van der Waals surface area contributed by atoms with Gasteiger partial charge in [0.2, 0.25) is 5.90 Å². The Balaban J connectivity index is 1.61. The van der Waals surface area contributed by atoms with E-state index in [0.29, 0.717) is 10.6 Å². The second kappa shape index (κ2) is 8.61. The van der Waals surface area contributed by atoms with Crippen LogP contribution in [0.4, 0.5) is 0 Å². The van der Waals surface area contributed by atoms with E-state index in [1.54, 1.807) is 30.0 Å². The number of cyclic esters (lactones) is 1. The second-order valence-corrected chi connectivity index (χ2v) is 8.78. The van der Waals surface area contributed by atoms with Crippen LogP contribution in [-0.4, -0.2) is 16.9 Å². The summed E-state index contributed by atoms with van der Waals surface area (Å²) < 4.78 is 5.41. The number of ether oxygens (including phenoxy) is 1. The van der Waals surface area contributed by atoms with Gasteiger partial charge in [0, 0.05) is 15.8 Å². The molecule has 0 amide bonds. The molecule has 3 aromatic carbocycles. The largest absolute Gasteiger partial charge is 0.402 e. The van der Waals surface area contributed by atoms with Crippen LogP contribution in [0.25, 0.3) is 17.0 Å². The van der Waals surface area contributed by atoms with E-state index in [0.717, 1.165) is 32.0 Å². The van der Waals surface area contributed by atoms with Crippen LogP contribution < -0.4 is 0 Å². The molecule has 6 heteroatoms. The fourth-order valence-corrected chi connectivity index (χ4v) is 4.48. The Morgan fingerprint density at radius 2 is 1.75 bits per heavy atom. The summed E-state index contributed by atoms with van der Waals surface area (Å²) in [7, 11) is 0. The predicted molar refractivity (Wildman–Crippen MR) is 129 cm³/mol. The number of rotatable bonds is 4. The van der Waals surface area contributed by atoms with Crippen molar-refractivity contribution in [2.45, 2.75) is 16.8 Å². The Morgan fingerprint density at radius 3 is 2.56 bits per heavy atom. The summed E-state index contributed by atoms with van der Waals surface area (Å²) in [6, 6.07) is 25.3. The number of nitrogens with zero attached hydrogens (tertiary/aromatic N) is 2. The normalized spacial score (nSPS) is 14.6. The van der Waals surface area contributed by atoms with Gasteiger partial charge in [-0.25, -0.2) is 14.8 Å². The monoisotopic (exact) mass is 456 g/mol. The number of pyridine rings is 1. The van der Waals surface area contributed by atoms with Crippen LogP contribution in [0.5, 0.6) is 0 Å². The summed E-state index contributed by atoms with van der Waals surface area (Å²) >= 11 is 7.79. The topological polar surface area (TPSA) is 51.5 Å². The lowest BCUT2D eigenvalue weighted by Crippen LogP contribution is -2.05. The summed E-state index contributed by atoms with van der Waals surface area (Å²) in [4.78, 5) is 22.9. The first-order chi connectivity index (χ1) is 15.6. The van der Waals surface area contributed by atoms with Crippen LogP contribution in [0.1, 0.15) is 16.7 Å². The Kier molecular flexibility index (Phi) is 5.52. The van der Waals surface area contributed by atoms with E-state index in [9.17, 15) is 4.79 Å². The van der Waals surface area contributed by atoms with E-state index >= 15 is 0 Å². The average molecular weight is 457 g/mol. The van der Waals surface area contributed by atoms with Crippen LogP contribution in [-0.2, 0) is 9.53 Å². The molecule has 0 spiro atoms. The molecule has 5 rings (SSSR count). The number of benzene rings is 3. The van der Waals surface area contributed by atoms with Crippen molar-refractivity contribution in [2.75, 3.05) is 0 Å². The molecule has 4 nitrogen and oxygen atoms in total. The van der Waals surface area contributed by atoms with Crippen molar-refractivity contribution >= 4 is 52.2 Å². The SMILES string of the molecule is Cc1ccc2cc(/C=C3/N=C(c4ccccc4Cl)OC3=O)c(Sc3ccccc3)nc2c1. The molecule has 1 aliphatic rings. The highest BCUT2D eigenvalue weighted by Gasteiger charge is 2.26. The molecule has 0 N–H and O–H groups in total. The van der Waals surface area contributed by atoms with Gasteiger partial charge in [-0.05, 0) is 55.0 Å². The number of hydrogen-bond acceptors (Lipinski definition) is 5. The fourth-order valence-electron chi connectivity index (χ4n) is 3.37. The van der Waals surface area contributed by atoms with E-state index in [2.05, 4.69) is 11.1 Å². The highest BCUT2D eigenvalue weighted by atomic mass is 35.5. The maximum atomic E-state index is 12.6. The van der Waals surface area contributed by atoms with E-state index in [4.69, 9.17) is 21.3 Å². The quantitative estimate of drug-likeness (QED) is 0.253. The summed E-state index contributed by atoms with van der Waals surface area (Å²) in [5.41, 5.74) is 3.63. The van der Waals surface area contributed by atoms with Gasteiger partial charge in [0.1, 0.15) is 5.03 Å². The van der Waals surface area contributed by atoms with Crippen molar-refractivity contribution in [3.05, 3.63) is 106 Å². The van der Waals surface area contributed by atoms with Gasteiger partial charge in [0.05, 0.1) is 16.1 Å². The lowest BCUT2D eigenvalue weighted by molar-refractivity contribution is -0.129. The van der Waals surface area contributed by atoms with Crippen molar-refractivity contribution in [1.82, 2.24) is 4.98 Å². The number of esters is 1. The molecule has 0 saturated heterocycles. The second-order valence-electron chi connectivity index (χ2n) is 7.31. The number of carbonyl (C=O) groups is 1. The third-order valence-corrected chi connectivity index (χ3v) is 6.30. The molecular weight excluding hydrogens is 440 g/mol. The van der Waals surface area contributed by atoms with Crippen molar-refractivity contribution in [3.8, 4) is 0 Å². The number of aryl methyl sites for hydroxylation is 1. The van der Waals surface area contributed by atoms with Gasteiger partial charge in [-0.3, -0.25) is 0 Å². The minimum atomic E-state index is -0.514. The molecule has 0 saturated carbocycles. The number of fused-ring (bicyclic) bond motifs is 1. The lowest BCUT2D eigenvalue weighted by atomic mass is 10.1. The lowest BCUT2D eigenvalue weighted by Gasteiger charge is -2.08. The standard InChI is InChI=1S/C26H17ClN2O2S/c1-16-11-12-17-14-18(25(29-22(17)13-16)32-19-7-3-2-4-8-19)15-23-26(30)31-24(28-23)20-9-5-6-10-21(20)27/h2-15H,1H3/b23-15+. The van der Waals surface area contributed by atoms with Crippen molar-refractivity contribution in [1.29, 1.82) is 0 Å². The van der Waals surface area contributed by atoms with Crippen LogP contribution in [0.3, 0.4) is 0 Å². The van der Waals surface area contributed by atoms with Gasteiger partial charge in [-0.2, -0.15) is 0 Å². The Labute approximate surface area is 194 Å². The molecule has 0 unspecified atom stereocenters. The van der Waals surface area contributed by atoms with Crippen molar-refractivity contribution < 1.29 is 9.53 Å². The summed E-state index contributed by atoms with van der Waals surface area (Å²) in [5.74, 6) is -0.312. The average Bonchev–Trinajstić information content (AvgIpc) is 3.15. The van der Waals surface area contributed by atoms with E-state index < -0.39 is 5.97 Å². The first-order valence-electron chi connectivity index (χ1n) is 9.98. The number of halogens is 1. The third kappa shape index (κ3) is 4.17. The zero-order chi connectivity index (χ0) is 22.1. The van der Waals surface area contributed by atoms with Gasteiger partial charge < -0.3 is 4.74 Å². The Bertz CT molecular complexity index is 1410. The molecule has 32 heavy (non-hydrogen) atoms. The number of carbonyl (C=O) groups excluding carboxylic acids is 1. The number of aliphatic imine (C=N–C) groups is 1. The van der Waals surface area contributed by atoms with Crippen LogP contribution in [0, 0.1) is 6.92 Å². The molecule has 0 atom stereocenters. The zero-order valence-electron chi connectivity index (χ0n) is 17.1. The Hall–Kier alpha value is -3.41. The van der Waals surface area contributed by atoms with Crippen LogP contribution in [0.15, 0.2) is 99.5 Å². The van der Waals surface area contributed by atoms with Gasteiger partial charge in [0.15, 0.2) is 5.70 Å². The minimum absolute atomic E-state index is 0.202. The molecule has 156 valence electrons. The summed E-state index contributed by atoms with van der Waals surface area (Å²) in [6.45, 7) is 2.04. The van der Waals surface area contributed by atoms with Crippen LogP contribution >= 0.6 is 23.4 Å². The van der Waals surface area contributed by atoms with Gasteiger partial charge in [-0.1, -0.05) is 65.8 Å². The predicted octanol–water partition coefficient (Wildman–Crippen LogP) is 6.69. The van der Waals surface area contributed by atoms with Gasteiger partial charge in [0.25, 0.3) is 0 Å². The van der Waals surface area contributed by atoms with Gasteiger partial charge >= 0.3 is 5.97 Å². The molecule has 0 bridgehead atoms. The molecule has 0 aliphatic carbocycles. The maximum absolute atomic E-state index is 12.6. The fraction of sp³-hybridized carbons (Fsp3) is 0.0385. The Morgan fingerprint density at radius 1 is 0.969 bits per heavy atom. The number of aromatic nitrogens is 1. The first-order valence-corrected chi connectivity index (χ1v) is 11.2. The zero-order valence-corrected chi connectivity index (χ0v) is 18.7. The van der Waals surface area contributed by atoms with E-state index in [1.165, 1.54) is 0 Å².